The van der Waals surface area contributed by atoms with Crippen molar-refractivity contribution in [2.24, 2.45) is 5.92 Å². The van der Waals surface area contributed by atoms with Crippen LogP contribution in [0.25, 0.3) is 0 Å². The molecule has 16 heavy (non-hydrogen) atoms. The largest absolute Gasteiger partial charge is 0.384 e. The van der Waals surface area contributed by atoms with Crippen LogP contribution in [0.5, 0.6) is 0 Å². The summed E-state index contributed by atoms with van der Waals surface area (Å²) in [6, 6.07) is 9.29. The van der Waals surface area contributed by atoms with Gasteiger partial charge in [-0.2, -0.15) is 0 Å². The van der Waals surface area contributed by atoms with Gasteiger partial charge in [0.1, 0.15) is 0 Å². The van der Waals surface area contributed by atoms with E-state index in [1.807, 2.05) is 0 Å². The molecule has 0 radical (unpaired) electrons. The Balaban J connectivity index is 1.98. The first-order valence-electron chi connectivity index (χ1n) is 6.19. The summed E-state index contributed by atoms with van der Waals surface area (Å²) >= 11 is 0. The summed E-state index contributed by atoms with van der Waals surface area (Å²) in [5, 5.41) is 3.53. The lowest BCUT2D eigenvalue weighted by Crippen LogP contribution is -2.37. The average molecular weight is 218 g/mol. The molecule has 1 aromatic rings. The van der Waals surface area contributed by atoms with Gasteiger partial charge in [0.05, 0.1) is 0 Å². The first-order valence-corrected chi connectivity index (χ1v) is 6.19. The molecule has 0 amide bonds. The topological polar surface area (TPSA) is 15.3 Å². The SMILES string of the molecule is CC(C)N(C)CC1CNc2ccccc2C1. The molecular formula is C14H22N2. The molecule has 0 aromatic heterocycles. The average Bonchev–Trinajstić information content (AvgIpc) is 2.28. The number of hydrogen-bond donors (Lipinski definition) is 1. The van der Waals surface area contributed by atoms with E-state index in [9.17, 15) is 0 Å². The fourth-order valence-corrected chi connectivity index (χ4v) is 2.26. The van der Waals surface area contributed by atoms with Crippen LogP contribution in [0.4, 0.5) is 5.69 Å². The van der Waals surface area contributed by atoms with Gasteiger partial charge in [-0.3, -0.25) is 0 Å². The Morgan fingerprint density at radius 3 is 2.88 bits per heavy atom. The minimum absolute atomic E-state index is 0.636. The molecule has 1 atom stereocenters. The maximum atomic E-state index is 3.53. The zero-order chi connectivity index (χ0) is 11.5. The summed E-state index contributed by atoms with van der Waals surface area (Å²) in [6.45, 7) is 6.79. The van der Waals surface area contributed by atoms with E-state index in [0.717, 1.165) is 12.5 Å². The van der Waals surface area contributed by atoms with Crippen molar-refractivity contribution in [3.05, 3.63) is 29.8 Å². The van der Waals surface area contributed by atoms with Gasteiger partial charge in [0.15, 0.2) is 0 Å². The molecule has 1 aromatic carbocycles. The fraction of sp³-hybridized carbons (Fsp3) is 0.571. The number of para-hydroxylation sites is 1. The van der Waals surface area contributed by atoms with Gasteiger partial charge in [-0.25, -0.2) is 0 Å². The normalized spacial score (nSPS) is 19.7. The summed E-state index contributed by atoms with van der Waals surface area (Å²) in [6.07, 6.45) is 1.21. The van der Waals surface area contributed by atoms with E-state index in [1.165, 1.54) is 24.2 Å². The number of nitrogens with one attached hydrogen (secondary N) is 1. The molecule has 0 saturated carbocycles. The maximum absolute atomic E-state index is 3.53. The lowest BCUT2D eigenvalue weighted by atomic mass is 9.93. The molecule has 1 aliphatic rings. The van der Waals surface area contributed by atoms with E-state index in [1.54, 1.807) is 0 Å². The van der Waals surface area contributed by atoms with E-state index in [2.05, 4.69) is 55.4 Å². The van der Waals surface area contributed by atoms with Gasteiger partial charge in [-0.15, -0.1) is 0 Å². The lowest BCUT2D eigenvalue weighted by Gasteiger charge is -2.31. The molecule has 0 fully saturated rings. The minimum Gasteiger partial charge on any atom is -0.384 e. The van der Waals surface area contributed by atoms with Crippen LogP contribution in [-0.2, 0) is 6.42 Å². The van der Waals surface area contributed by atoms with Crippen molar-refractivity contribution in [3.63, 3.8) is 0 Å². The van der Waals surface area contributed by atoms with E-state index < -0.39 is 0 Å². The van der Waals surface area contributed by atoms with E-state index in [0.29, 0.717) is 6.04 Å². The standard InChI is InChI=1S/C14H22N2/c1-11(2)16(3)10-12-8-13-6-4-5-7-14(13)15-9-12/h4-7,11-12,15H,8-10H2,1-3H3. The molecule has 1 aliphatic heterocycles. The van der Waals surface area contributed by atoms with Gasteiger partial charge in [0.25, 0.3) is 0 Å². The number of hydrogen-bond acceptors (Lipinski definition) is 2. The zero-order valence-electron chi connectivity index (χ0n) is 10.5. The van der Waals surface area contributed by atoms with E-state index in [-0.39, 0.29) is 0 Å². The van der Waals surface area contributed by atoms with Gasteiger partial charge in [0, 0.05) is 24.8 Å². The molecule has 2 nitrogen and oxygen atoms in total. The van der Waals surface area contributed by atoms with Gasteiger partial charge in [-0.1, -0.05) is 18.2 Å². The van der Waals surface area contributed by atoms with Crippen molar-refractivity contribution in [1.82, 2.24) is 4.90 Å². The highest BCUT2D eigenvalue weighted by molar-refractivity contribution is 5.53. The van der Waals surface area contributed by atoms with Gasteiger partial charge in [0.2, 0.25) is 0 Å². The third kappa shape index (κ3) is 2.56. The van der Waals surface area contributed by atoms with E-state index in [4.69, 9.17) is 0 Å². The number of fused-ring (bicyclic) bond motifs is 1. The molecule has 2 rings (SSSR count). The monoisotopic (exact) mass is 218 g/mol. The Morgan fingerprint density at radius 2 is 2.12 bits per heavy atom. The Bertz CT molecular complexity index is 346. The van der Waals surface area contributed by atoms with Gasteiger partial charge >= 0.3 is 0 Å². The zero-order valence-corrected chi connectivity index (χ0v) is 10.5. The second-order valence-electron chi connectivity index (χ2n) is 5.14. The van der Waals surface area contributed by atoms with Crippen LogP contribution >= 0.6 is 0 Å². The molecule has 0 aliphatic carbocycles. The van der Waals surface area contributed by atoms with Crippen LogP contribution in [-0.4, -0.2) is 31.1 Å². The second-order valence-corrected chi connectivity index (χ2v) is 5.14. The molecule has 1 N–H and O–H groups in total. The molecule has 2 heteroatoms. The highest BCUT2D eigenvalue weighted by atomic mass is 15.1. The Morgan fingerprint density at radius 1 is 1.38 bits per heavy atom. The van der Waals surface area contributed by atoms with Gasteiger partial charge < -0.3 is 10.2 Å². The van der Waals surface area contributed by atoms with Crippen molar-refractivity contribution in [2.45, 2.75) is 26.3 Å². The highest BCUT2D eigenvalue weighted by Gasteiger charge is 2.19. The van der Waals surface area contributed by atoms with Crippen LogP contribution in [0.2, 0.25) is 0 Å². The van der Waals surface area contributed by atoms with Crippen molar-refractivity contribution in [2.75, 3.05) is 25.5 Å². The molecule has 88 valence electrons. The smallest absolute Gasteiger partial charge is 0.0372 e. The summed E-state index contributed by atoms with van der Waals surface area (Å²) in [7, 11) is 2.21. The van der Waals surface area contributed by atoms with Crippen molar-refractivity contribution in [3.8, 4) is 0 Å². The Hall–Kier alpha value is -1.02. The molecule has 0 saturated heterocycles. The van der Waals surface area contributed by atoms with Crippen molar-refractivity contribution in [1.29, 1.82) is 0 Å². The molecule has 0 bridgehead atoms. The third-order valence-corrected chi connectivity index (χ3v) is 3.53. The maximum Gasteiger partial charge on any atom is 0.0372 e. The van der Waals surface area contributed by atoms with Crippen LogP contribution < -0.4 is 5.32 Å². The second kappa shape index (κ2) is 4.88. The molecular weight excluding hydrogens is 196 g/mol. The van der Waals surface area contributed by atoms with Crippen LogP contribution in [0.3, 0.4) is 0 Å². The number of benzene rings is 1. The summed E-state index contributed by atoms with van der Waals surface area (Å²) in [4.78, 5) is 2.43. The van der Waals surface area contributed by atoms with Crippen molar-refractivity contribution < 1.29 is 0 Å². The highest BCUT2D eigenvalue weighted by Crippen LogP contribution is 2.24. The quantitative estimate of drug-likeness (QED) is 0.839. The number of rotatable bonds is 3. The number of anilines is 1. The summed E-state index contributed by atoms with van der Waals surface area (Å²) in [5.41, 5.74) is 2.79. The van der Waals surface area contributed by atoms with Crippen LogP contribution in [0.1, 0.15) is 19.4 Å². The van der Waals surface area contributed by atoms with Crippen molar-refractivity contribution >= 4 is 5.69 Å². The number of nitrogens with zero attached hydrogens (tertiary/aromatic N) is 1. The Labute approximate surface area is 98.7 Å². The first-order chi connectivity index (χ1) is 7.66. The molecule has 0 spiro atoms. The predicted molar refractivity (Wildman–Crippen MR) is 69.9 cm³/mol. The third-order valence-electron chi connectivity index (χ3n) is 3.53. The first kappa shape index (κ1) is 11.5. The molecule has 1 unspecified atom stereocenters. The van der Waals surface area contributed by atoms with Crippen LogP contribution in [0.15, 0.2) is 24.3 Å². The molecule has 1 heterocycles. The van der Waals surface area contributed by atoms with Gasteiger partial charge in [-0.05, 0) is 44.9 Å². The Kier molecular flexibility index (Phi) is 3.49. The fourth-order valence-electron chi connectivity index (χ4n) is 2.26. The van der Waals surface area contributed by atoms with Crippen LogP contribution in [0, 0.1) is 5.92 Å². The minimum atomic E-state index is 0.636. The predicted octanol–water partition coefficient (Wildman–Crippen LogP) is 2.61. The summed E-state index contributed by atoms with van der Waals surface area (Å²) < 4.78 is 0. The van der Waals surface area contributed by atoms with E-state index >= 15 is 0 Å². The summed E-state index contributed by atoms with van der Waals surface area (Å²) in [5.74, 6) is 0.738. The lowest BCUT2D eigenvalue weighted by molar-refractivity contribution is 0.232.